The van der Waals surface area contributed by atoms with Crippen LogP contribution in [0.25, 0.3) is 0 Å². The molecule has 5 nitrogen and oxygen atoms in total. The van der Waals surface area contributed by atoms with Gasteiger partial charge in [-0.2, -0.15) is 0 Å². The van der Waals surface area contributed by atoms with Crippen molar-refractivity contribution in [1.82, 2.24) is 15.5 Å². The number of likely N-dealkylation sites (tertiary alicyclic amines) is 1. The molecule has 1 aliphatic carbocycles. The van der Waals surface area contributed by atoms with Crippen LogP contribution in [0.1, 0.15) is 32.6 Å². The van der Waals surface area contributed by atoms with Gasteiger partial charge in [0.1, 0.15) is 0 Å². The van der Waals surface area contributed by atoms with E-state index in [1.54, 1.807) is 0 Å². The molecule has 0 aromatic carbocycles. The molecule has 3 fully saturated rings. The van der Waals surface area contributed by atoms with Gasteiger partial charge < -0.3 is 15.5 Å². The van der Waals surface area contributed by atoms with Crippen molar-refractivity contribution >= 4 is 11.8 Å². The molecule has 0 aromatic heterocycles. The first-order chi connectivity index (χ1) is 9.15. The maximum absolute atomic E-state index is 12.1. The number of carbonyl (C=O) groups excluding carboxylic acids is 2. The number of amides is 2. The number of nitrogens with zero attached hydrogens (tertiary/aromatic N) is 1. The number of piperidine rings is 1. The Morgan fingerprint density at radius 2 is 2.05 bits per heavy atom. The molecule has 106 valence electrons. The van der Waals surface area contributed by atoms with Crippen molar-refractivity contribution in [3.05, 3.63) is 0 Å². The molecule has 3 aliphatic rings. The molecule has 0 radical (unpaired) electrons. The average Bonchev–Trinajstić information content (AvgIpc) is 3.02. The number of hydrogen-bond acceptors (Lipinski definition) is 3. The highest BCUT2D eigenvalue weighted by Crippen LogP contribution is 2.37. The summed E-state index contributed by atoms with van der Waals surface area (Å²) in [6.45, 7) is 4.74. The Labute approximate surface area is 114 Å². The Bertz CT molecular complexity index is 379. The normalized spacial score (nSPS) is 35.5. The van der Waals surface area contributed by atoms with Crippen LogP contribution in [0.5, 0.6) is 0 Å². The van der Waals surface area contributed by atoms with Crippen molar-refractivity contribution in [1.29, 1.82) is 0 Å². The molecule has 5 heteroatoms. The van der Waals surface area contributed by atoms with Crippen molar-refractivity contribution in [3.8, 4) is 0 Å². The fourth-order valence-electron chi connectivity index (χ4n) is 3.29. The summed E-state index contributed by atoms with van der Waals surface area (Å²) in [7, 11) is 0. The fraction of sp³-hybridized carbons (Fsp3) is 0.857. The highest BCUT2D eigenvalue weighted by atomic mass is 16.2. The van der Waals surface area contributed by atoms with Crippen LogP contribution in [-0.4, -0.2) is 48.4 Å². The molecule has 3 rings (SSSR count). The van der Waals surface area contributed by atoms with Crippen molar-refractivity contribution in [3.63, 3.8) is 0 Å². The van der Waals surface area contributed by atoms with Gasteiger partial charge in [0.05, 0.1) is 6.04 Å². The van der Waals surface area contributed by atoms with Crippen LogP contribution in [0.15, 0.2) is 0 Å². The van der Waals surface area contributed by atoms with Crippen LogP contribution >= 0.6 is 0 Å². The number of hydrogen-bond donors (Lipinski definition) is 2. The highest BCUT2D eigenvalue weighted by Gasteiger charge is 2.45. The van der Waals surface area contributed by atoms with Crippen LogP contribution in [0.4, 0.5) is 0 Å². The highest BCUT2D eigenvalue weighted by molar-refractivity contribution is 5.83. The summed E-state index contributed by atoms with van der Waals surface area (Å²) in [5.41, 5.74) is 0. The minimum Gasteiger partial charge on any atom is -0.351 e. The Morgan fingerprint density at radius 1 is 1.37 bits per heavy atom. The molecule has 0 aromatic rings. The third kappa shape index (κ3) is 2.76. The van der Waals surface area contributed by atoms with Gasteiger partial charge in [0.2, 0.25) is 11.8 Å². The van der Waals surface area contributed by atoms with Gasteiger partial charge in [-0.05, 0) is 38.3 Å². The summed E-state index contributed by atoms with van der Waals surface area (Å²) in [6.07, 6.45) is 3.44. The molecule has 2 amide bonds. The van der Waals surface area contributed by atoms with Gasteiger partial charge >= 0.3 is 0 Å². The third-order valence-electron chi connectivity index (χ3n) is 4.68. The second-order valence-electron chi connectivity index (χ2n) is 6.26. The summed E-state index contributed by atoms with van der Waals surface area (Å²) in [4.78, 5) is 26.1. The van der Waals surface area contributed by atoms with E-state index in [1.807, 2.05) is 4.90 Å². The van der Waals surface area contributed by atoms with Crippen molar-refractivity contribution < 1.29 is 9.59 Å². The van der Waals surface area contributed by atoms with E-state index in [9.17, 15) is 9.59 Å². The number of carbonyl (C=O) groups is 2. The third-order valence-corrected chi connectivity index (χ3v) is 4.68. The monoisotopic (exact) mass is 265 g/mol. The maximum atomic E-state index is 12.1. The largest absolute Gasteiger partial charge is 0.351 e. The summed E-state index contributed by atoms with van der Waals surface area (Å²) in [6, 6.07) is 0.468. The second kappa shape index (κ2) is 5.12. The lowest BCUT2D eigenvalue weighted by atomic mass is 9.97. The Hall–Kier alpha value is -1.10. The Morgan fingerprint density at radius 3 is 2.68 bits per heavy atom. The van der Waals surface area contributed by atoms with Gasteiger partial charge in [0.15, 0.2) is 0 Å². The Balaban J connectivity index is 1.50. The van der Waals surface area contributed by atoms with E-state index in [2.05, 4.69) is 17.6 Å². The average molecular weight is 265 g/mol. The topological polar surface area (TPSA) is 61.4 Å². The summed E-state index contributed by atoms with van der Waals surface area (Å²) in [5, 5.41) is 6.34. The molecule has 19 heavy (non-hydrogen) atoms. The van der Waals surface area contributed by atoms with Gasteiger partial charge in [0.25, 0.3) is 0 Å². The van der Waals surface area contributed by atoms with Crippen molar-refractivity contribution in [2.45, 2.75) is 44.7 Å². The summed E-state index contributed by atoms with van der Waals surface area (Å²) < 4.78 is 0. The predicted octanol–water partition coefficient (Wildman–Crippen LogP) is 0.112. The van der Waals surface area contributed by atoms with Gasteiger partial charge in [-0.3, -0.25) is 9.59 Å². The molecular weight excluding hydrogens is 242 g/mol. The Kier molecular flexibility index (Phi) is 3.48. The summed E-state index contributed by atoms with van der Waals surface area (Å²) in [5.74, 6) is 1.13. The molecule has 2 heterocycles. The maximum Gasteiger partial charge on any atom is 0.225 e. The molecular formula is C14H23N3O2. The zero-order valence-electron chi connectivity index (χ0n) is 11.5. The van der Waals surface area contributed by atoms with E-state index in [0.29, 0.717) is 24.9 Å². The first-order valence-corrected chi connectivity index (χ1v) is 7.45. The van der Waals surface area contributed by atoms with E-state index in [0.717, 1.165) is 32.4 Å². The van der Waals surface area contributed by atoms with Crippen molar-refractivity contribution in [2.24, 2.45) is 11.8 Å². The zero-order chi connectivity index (χ0) is 13.4. The van der Waals surface area contributed by atoms with Gasteiger partial charge in [-0.15, -0.1) is 0 Å². The van der Waals surface area contributed by atoms with Gasteiger partial charge in [-0.25, -0.2) is 0 Å². The van der Waals surface area contributed by atoms with Crippen LogP contribution in [0.2, 0.25) is 0 Å². The summed E-state index contributed by atoms with van der Waals surface area (Å²) >= 11 is 0. The molecule has 2 saturated heterocycles. The molecule has 2 N–H and O–H groups in total. The van der Waals surface area contributed by atoms with Crippen molar-refractivity contribution in [2.75, 3.05) is 19.6 Å². The van der Waals surface area contributed by atoms with Gasteiger partial charge in [-0.1, -0.05) is 6.92 Å². The lowest BCUT2D eigenvalue weighted by Gasteiger charge is -2.23. The van der Waals surface area contributed by atoms with E-state index in [-0.39, 0.29) is 23.8 Å². The first kappa shape index (κ1) is 12.9. The molecule has 1 saturated carbocycles. The number of nitrogens with one attached hydrogen (secondary N) is 2. The lowest BCUT2D eigenvalue weighted by Crippen LogP contribution is -2.43. The van der Waals surface area contributed by atoms with E-state index < -0.39 is 0 Å². The second-order valence-corrected chi connectivity index (χ2v) is 6.26. The minimum absolute atomic E-state index is 0.0303. The smallest absolute Gasteiger partial charge is 0.225 e. The lowest BCUT2D eigenvalue weighted by molar-refractivity contribution is -0.128. The van der Waals surface area contributed by atoms with Crippen LogP contribution < -0.4 is 10.6 Å². The fourth-order valence-corrected chi connectivity index (χ4v) is 3.29. The minimum atomic E-state index is 0.0303. The van der Waals surface area contributed by atoms with Crippen LogP contribution in [0.3, 0.4) is 0 Å². The molecule has 3 unspecified atom stereocenters. The molecule has 0 spiro atoms. The first-order valence-electron chi connectivity index (χ1n) is 7.45. The number of rotatable bonds is 3. The van der Waals surface area contributed by atoms with E-state index in [4.69, 9.17) is 0 Å². The SMILES string of the molecule is CC1CC1N1CC(NC(=O)C2CCNCC2)CC1=O. The predicted molar refractivity (Wildman–Crippen MR) is 71.4 cm³/mol. The van der Waals surface area contributed by atoms with Gasteiger partial charge in [0, 0.05) is 24.9 Å². The van der Waals surface area contributed by atoms with E-state index in [1.165, 1.54) is 0 Å². The van der Waals surface area contributed by atoms with E-state index >= 15 is 0 Å². The molecule has 2 aliphatic heterocycles. The zero-order valence-corrected chi connectivity index (χ0v) is 11.5. The molecule has 3 atom stereocenters. The quantitative estimate of drug-likeness (QED) is 0.761. The van der Waals surface area contributed by atoms with Crippen LogP contribution in [0, 0.1) is 11.8 Å². The molecule has 0 bridgehead atoms. The van der Waals surface area contributed by atoms with Crippen LogP contribution in [-0.2, 0) is 9.59 Å². The standard InChI is InChI=1S/C14H23N3O2/c1-9-6-12(9)17-8-11(7-13(17)18)16-14(19)10-2-4-15-5-3-10/h9-12,15H,2-8H2,1H3,(H,16,19).